The largest absolute Gasteiger partial charge is 0.388 e. The second-order valence-corrected chi connectivity index (χ2v) is 5.70. The van der Waals surface area contributed by atoms with Gasteiger partial charge in [-0.15, -0.1) is 0 Å². The van der Waals surface area contributed by atoms with Crippen LogP contribution in [0.5, 0.6) is 0 Å². The van der Waals surface area contributed by atoms with Gasteiger partial charge in [-0.1, -0.05) is 42.5 Å². The monoisotopic (exact) mass is 328 g/mol. The van der Waals surface area contributed by atoms with E-state index in [1.54, 1.807) is 6.20 Å². The zero-order chi connectivity index (χ0) is 17.2. The lowest BCUT2D eigenvalue weighted by atomic mass is 9.98. The molecule has 5 heteroatoms. The van der Waals surface area contributed by atoms with Crippen LogP contribution in [0.15, 0.2) is 71.7 Å². The van der Waals surface area contributed by atoms with Gasteiger partial charge in [0.1, 0.15) is 5.65 Å². The summed E-state index contributed by atoms with van der Waals surface area (Å²) in [6.45, 7) is 0. The Morgan fingerprint density at radius 3 is 2.44 bits per heavy atom. The van der Waals surface area contributed by atoms with Gasteiger partial charge in [-0.05, 0) is 23.8 Å². The van der Waals surface area contributed by atoms with Crippen molar-refractivity contribution in [2.24, 2.45) is 0 Å². The number of fused-ring (bicyclic) bond motifs is 1. The summed E-state index contributed by atoms with van der Waals surface area (Å²) in [6.07, 6.45) is 1.56. The molecule has 2 N–H and O–H groups in total. The molecule has 5 nitrogen and oxygen atoms in total. The topological polar surface area (TPSA) is 70.7 Å². The molecule has 0 spiro atoms. The highest BCUT2D eigenvalue weighted by Crippen LogP contribution is 2.33. The maximum atomic E-state index is 11.6. The Kier molecular flexibility index (Phi) is 3.74. The van der Waals surface area contributed by atoms with E-state index in [1.807, 2.05) is 67.7 Å². The van der Waals surface area contributed by atoms with Gasteiger partial charge >= 0.3 is 5.69 Å². The Morgan fingerprint density at radius 1 is 0.960 bits per heavy atom. The molecule has 122 valence electrons. The summed E-state index contributed by atoms with van der Waals surface area (Å²) in [6, 6.07) is 20.1. The van der Waals surface area contributed by atoms with Crippen LogP contribution in [-0.4, -0.2) is 22.0 Å². The average molecular weight is 328 g/mol. The Morgan fingerprint density at radius 2 is 1.72 bits per heavy atom. The molecule has 2 aromatic heterocycles. The van der Waals surface area contributed by atoms with Crippen molar-refractivity contribution in [3.8, 4) is 22.4 Å². The zero-order valence-electron chi connectivity index (χ0n) is 13.7. The quantitative estimate of drug-likeness (QED) is 0.602. The fourth-order valence-corrected chi connectivity index (χ4v) is 2.84. The molecule has 0 amide bonds. The van der Waals surface area contributed by atoms with Crippen molar-refractivity contribution in [1.29, 1.82) is 0 Å². The van der Waals surface area contributed by atoms with Crippen LogP contribution in [0, 0.1) is 0 Å². The molecular weight excluding hydrogens is 312 g/mol. The smallest absolute Gasteiger partial charge is 0.346 e. The molecule has 0 aliphatic carbocycles. The van der Waals surface area contributed by atoms with E-state index in [2.05, 4.69) is 15.3 Å². The van der Waals surface area contributed by atoms with Crippen LogP contribution in [0.25, 0.3) is 33.4 Å². The van der Waals surface area contributed by atoms with Gasteiger partial charge in [0.05, 0.1) is 5.69 Å². The standard InChI is InChI=1S/C20H16N4O/c1-21-16-9-7-14(8-10-16)18-17(13-5-3-2-4-6-13)11-15-12-22-20(25)24-19(15)23-18/h2-12,21H,1H3,(H,22,23,24,25). The van der Waals surface area contributed by atoms with E-state index >= 15 is 0 Å². The SMILES string of the molecule is CNc1ccc(-c2nc3[nH]c(=O)ncc3cc2-c2ccccc2)cc1. The van der Waals surface area contributed by atoms with E-state index in [-0.39, 0.29) is 0 Å². The van der Waals surface area contributed by atoms with Gasteiger partial charge < -0.3 is 5.32 Å². The second kappa shape index (κ2) is 6.20. The van der Waals surface area contributed by atoms with E-state index in [0.717, 1.165) is 33.5 Å². The number of rotatable bonds is 3. The molecule has 0 aliphatic heterocycles. The van der Waals surface area contributed by atoms with Gasteiger partial charge in [-0.3, -0.25) is 4.98 Å². The van der Waals surface area contributed by atoms with Crippen molar-refractivity contribution >= 4 is 16.7 Å². The highest BCUT2D eigenvalue weighted by Gasteiger charge is 2.12. The summed E-state index contributed by atoms with van der Waals surface area (Å²) in [7, 11) is 1.89. The zero-order valence-corrected chi connectivity index (χ0v) is 13.7. The van der Waals surface area contributed by atoms with Crippen LogP contribution in [-0.2, 0) is 0 Å². The highest BCUT2D eigenvalue weighted by atomic mass is 16.1. The molecule has 0 saturated heterocycles. The van der Waals surface area contributed by atoms with E-state index in [9.17, 15) is 4.79 Å². The summed E-state index contributed by atoms with van der Waals surface area (Å²) < 4.78 is 0. The second-order valence-electron chi connectivity index (χ2n) is 5.70. The Bertz CT molecular complexity index is 1090. The van der Waals surface area contributed by atoms with E-state index in [4.69, 9.17) is 4.98 Å². The Labute approximate surface area is 144 Å². The average Bonchev–Trinajstić information content (AvgIpc) is 2.67. The van der Waals surface area contributed by atoms with Crippen LogP contribution < -0.4 is 11.0 Å². The minimum Gasteiger partial charge on any atom is -0.388 e. The van der Waals surface area contributed by atoms with Crippen molar-refractivity contribution in [3.05, 3.63) is 77.3 Å². The number of hydrogen-bond acceptors (Lipinski definition) is 4. The fourth-order valence-electron chi connectivity index (χ4n) is 2.84. The summed E-state index contributed by atoms with van der Waals surface area (Å²) in [5.74, 6) is 0. The maximum Gasteiger partial charge on any atom is 0.346 e. The van der Waals surface area contributed by atoms with Crippen LogP contribution in [0.3, 0.4) is 0 Å². The first-order valence-electron chi connectivity index (χ1n) is 7.98. The first-order chi connectivity index (χ1) is 12.2. The first kappa shape index (κ1) is 15.1. The third-order valence-electron chi connectivity index (χ3n) is 4.13. The minimum atomic E-state index is -0.399. The first-order valence-corrected chi connectivity index (χ1v) is 7.98. The Balaban J connectivity index is 2.00. The summed E-state index contributed by atoms with van der Waals surface area (Å²) in [5, 5.41) is 3.91. The number of nitrogens with zero attached hydrogens (tertiary/aromatic N) is 2. The van der Waals surface area contributed by atoms with Crippen LogP contribution in [0.1, 0.15) is 0 Å². The predicted octanol–water partition coefficient (Wildman–Crippen LogP) is 3.69. The molecule has 0 aliphatic rings. The predicted molar refractivity (Wildman–Crippen MR) is 101 cm³/mol. The van der Waals surface area contributed by atoms with E-state index in [0.29, 0.717) is 5.65 Å². The summed E-state index contributed by atoms with van der Waals surface area (Å²) in [5.41, 5.74) is 5.04. The van der Waals surface area contributed by atoms with E-state index < -0.39 is 5.69 Å². The Hall–Kier alpha value is -3.47. The number of anilines is 1. The van der Waals surface area contributed by atoms with Crippen LogP contribution >= 0.6 is 0 Å². The molecule has 0 radical (unpaired) electrons. The van der Waals surface area contributed by atoms with Gasteiger partial charge in [-0.2, -0.15) is 0 Å². The molecular formula is C20H16N4O. The molecule has 0 fully saturated rings. The molecule has 0 atom stereocenters. The summed E-state index contributed by atoms with van der Waals surface area (Å²) >= 11 is 0. The van der Waals surface area contributed by atoms with Crippen LogP contribution in [0.4, 0.5) is 5.69 Å². The molecule has 25 heavy (non-hydrogen) atoms. The molecule has 0 bridgehead atoms. The molecule has 4 aromatic rings. The molecule has 0 saturated carbocycles. The number of aromatic amines is 1. The fraction of sp³-hybridized carbons (Fsp3) is 0.0500. The van der Waals surface area contributed by atoms with Crippen molar-refractivity contribution in [3.63, 3.8) is 0 Å². The molecule has 0 unspecified atom stereocenters. The third kappa shape index (κ3) is 2.87. The van der Waals surface area contributed by atoms with Crippen LogP contribution in [0.2, 0.25) is 0 Å². The number of benzene rings is 2. The minimum absolute atomic E-state index is 0.399. The van der Waals surface area contributed by atoms with Crippen molar-refractivity contribution in [1.82, 2.24) is 15.0 Å². The molecule has 4 rings (SSSR count). The highest BCUT2D eigenvalue weighted by molar-refractivity contribution is 5.89. The summed E-state index contributed by atoms with van der Waals surface area (Å²) in [4.78, 5) is 22.8. The normalized spacial score (nSPS) is 10.8. The van der Waals surface area contributed by atoms with Gasteiger partial charge in [0.2, 0.25) is 0 Å². The number of H-pyrrole nitrogens is 1. The van der Waals surface area contributed by atoms with Crippen molar-refractivity contribution in [2.45, 2.75) is 0 Å². The van der Waals surface area contributed by atoms with Gasteiger partial charge in [-0.25, -0.2) is 14.8 Å². The van der Waals surface area contributed by atoms with Gasteiger partial charge in [0, 0.05) is 35.4 Å². The molecule has 2 aromatic carbocycles. The number of pyridine rings is 1. The van der Waals surface area contributed by atoms with Gasteiger partial charge in [0.25, 0.3) is 0 Å². The number of hydrogen-bond donors (Lipinski definition) is 2. The lowest BCUT2D eigenvalue weighted by Crippen LogP contribution is -2.09. The maximum absolute atomic E-state index is 11.6. The number of nitrogens with one attached hydrogen (secondary N) is 2. The lowest BCUT2D eigenvalue weighted by molar-refractivity contribution is 1.10. The third-order valence-corrected chi connectivity index (χ3v) is 4.13. The molecule has 2 heterocycles. The lowest BCUT2D eigenvalue weighted by Gasteiger charge is -2.11. The van der Waals surface area contributed by atoms with Crippen molar-refractivity contribution < 1.29 is 0 Å². The van der Waals surface area contributed by atoms with Crippen molar-refractivity contribution in [2.75, 3.05) is 12.4 Å². The van der Waals surface area contributed by atoms with Gasteiger partial charge in [0.15, 0.2) is 0 Å². The van der Waals surface area contributed by atoms with E-state index in [1.165, 1.54) is 0 Å². The number of aromatic nitrogens is 3.